The Balaban J connectivity index is 0.000000198. The average molecular weight is 499 g/mol. The minimum absolute atomic E-state index is 0. The Hall–Kier alpha value is -4.78. The third-order valence-corrected chi connectivity index (χ3v) is 4.69. The van der Waals surface area contributed by atoms with Crippen LogP contribution in [0.4, 0.5) is 0 Å². The Morgan fingerprint density at radius 1 is 0.400 bits per heavy atom. The van der Waals surface area contributed by atoms with E-state index in [9.17, 15) is 0 Å². The van der Waals surface area contributed by atoms with Gasteiger partial charge in [-0.3, -0.25) is 29.8 Å². The van der Waals surface area contributed by atoms with Crippen LogP contribution in [0.25, 0.3) is 75.6 Å². The second-order valence-corrected chi connectivity index (χ2v) is 6.61. The van der Waals surface area contributed by atoms with Crippen LogP contribution in [0.15, 0.2) is 97.6 Å². The van der Waals surface area contributed by atoms with E-state index in [0.717, 1.165) is 43.6 Å². The summed E-state index contributed by atoms with van der Waals surface area (Å²) in [5, 5.41) is 4.55. The maximum Gasteiger partial charge on any atom is 2.00 e. The van der Waals surface area contributed by atoms with E-state index in [1.165, 1.54) is 9.82 Å². The molecule has 6 aromatic rings. The molecule has 10 nitrogen and oxygen atoms in total. The first-order valence-corrected chi connectivity index (χ1v) is 9.87. The van der Waals surface area contributed by atoms with Crippen LogP contribution in [0.2, 0.25) is 0 Å². The third-order valence-electron chi connectivity index (χ3n) is 4.69. The summed E-state index contributed by atoms with van der Waals surface area (Å²) in [6, 6.07) is 24.3. The molecule has 35 heavy (non-hydrogen) atoms. The molecule has 0 aliphatic rings. The van der Waals surface area contributed by atoms with Crippen molar-refractivity contribution in [1.29, 1.82) is 0 Å². The fraction of sp³-hybridized carbons (Fsp3) is 0. The third kappa shape index (κ3) is 6.61. The smallest absolute Gasteiger partial charge is 0.373 e. The van der Waals surface area contributed by atoms with Gasteiger partial charge in [0, 0.05) is 46.3 Å². The Morgan fingerprint density at radius 2 is 0.600 bits per heavy atom. The molecule has 0 amide bonds. The van der Waals surface area contributed by atoms with Crippen LogP contribution in [0, 0.1) is 0 Å². The number of benzene rings is 2. The molecule has 4 aromatic heterocycles. The molecule has 4 heterocycles. The van der Waals surface area contributed by atoms with Gasteiger partial charge in [0.05, 0.1) is 22.1 Å². The summed E-state index contributed by atoms with van der Waals surface area (Å²) in [5.74, 6) is 0. The van der Waals surface area contributed by atoms with Crippen molar-refractivity contribution in [3.05, 3.63) is 130 Å². The molecule has 0 N–H and O–H groups in total. The summed E-state index contributed by atoms with van der Waals surface area (Å²) in [5.41, 5.74) is 30.9. The molecule has 0 atom stereocenters. The number of pyridine rings is 4. The second kappa shape index (κ2) is 13.7. The van der Waals surface area contributed by atoms with Crippen molar-refractivity contribution in [3.63, 3.8) is 0 Å². The fourth-order valence-electron chi connectivity index (χ4n) is 3.36. The van der Waals surface area contributed by atoms with E-state index >= 15 is 0 Å². The Kier molecular flexibility index (Phi) is 10.4. The quantitative estimate of drug-likeness (QED) is 0.0702. The molecule has 169 valence electrons. The number of aromatic nitrogens is 4. The van der Waals surface area contributed by atoms with Crippen LogP contribution in [0.5, 0.6) is 0 Å². The number of hydrogen-bond donors (Lipinski definition) is 0. The maximum atomic E-state index is 6.75. The summed E-state index contributed by atoms with van der Waals surface area (Å²) in [7, 11) is 0. The van der Waals surface area contributed by atoms with Crippen LogP contribution >= 0.6 is 0 Å². The number of nitrogens with zero attached hydrogens (tertiary/aromatic N) is 10. The van der Waals surface area contributed by atoms with Gasteiger partial charge in [0.15, 0.2) is 0 Å². The molecule has 0 aliphatic heterocycles. The Labute approximate surface area is 210 Å². The first kappa shape index (κ1) is 26.5. The van der Waals surface area contributed by atoms with E-state index in [2.05, 4.69) is 68.5 Å². The van der Waals surface area contributed by atoms with Crippen LogP contribution in [-0.2, 0) is 17.1 Å². The molecule has 2 aromatic carbocycles. The van der Waals surface area contributed by atoms with Crippen molar-refractivity contribution >= 4 is 43.6 Å². The van der Waals surface area contributed by atoms with Crippen molar-refractivity contribution in [2.24, 2.45) is 0 Å². The molecule has 11 heteroatoms. The summed E-state index contributed by atoms with van der Waals surface area (Å²) in [6.45, 7) is 0. The van der Waals surface area contributed by atoms with E-state index in [1.54, 1.807) is 24.8 Å². The van der Waals surface area contributed by atoms with Crippen LogP contribution < -0.4 is 0 Å². The molecular weight excluding hydrogens is 483 g/mol. The minimum atomic E-state index is 0. The zero-order valence-corrected chi connectivity index (χ0v) is 19.3. The predicted octanol–water partition coefficient (Wildman–Crippen LogP) is 7.30. The molecule has 0 aliphatic carbocycles. The van der Waals surface area contributed by atoms with Crippen molar-refractivity contribution in [3.8, 4) is 0 Å². The summed E-state index contributed by atoms with van der Waals surface area (Å²) in [4.78, 5) is 20.4. The van der Waals surface area contributed by atoms with E-state index in [4.69, 9.17) is 22.1 Å². The van der Waals surface area contributed by atoms with Gasteiger partial charge in [-0.05, 0) is 24.3 Å². The van der Waals surface area contributed by atoms with Crippen molar-refractivity contribution in [2.75, 3.05) is 0 Å². The van der Waals surface area contributed by atoms with Gasteiger partial charge < -0.3 is 22.1 Å². The van der Waals surface area contributed by atoms with E-state index in [0.29, 0.717) is 0 Å². The molecule has 0 saturated carbocycles. The maximum absolute atomic E-state index is 6.75. The molecule has 0 fully saturated rings. The molecule has 0 unspecified atom stereocenters. The fourth-order valence-corrected chi connectivity index (χ4v) is 3.36. The molecule has 0 spiro atoms. The van der Waals surface area contributed by atoms with Gasteiger partial charge >= 0.3 is 17.1 Å². The Morgan fingerprint density at radius 3 is 0.800 bits per heavy atom. The summed E-state index contributed by atoms with van der Waals surface area (Å²) >= 11 is 0. The number of hydrogen-bond acceptors (Lipinski definition) is 4. The standard InChI is InChI=1S/2C12H8N2.Mn.2N3/c2*1-3-9-5-6-10-4-2-8-14-12(10)11(9)13-7-1;;2*1-3-2/h2*1-8H;;;/q;;+2;2*-1. The number of rotatable bonds is 0. The molecule has 0 bridgehead atoms. The van der Waals surface area contributed by atoms with Gasteiger partial charge in [-0.2, -0.15) is 0 Å². The van der Waals surface area contributed by atoms with E-state index in [1.807, 2.05) is 24.3 Å². The SMILES string of the molecule is [Mn+2].[N-]=[N+]=[N-].[N-]=[N+]=[N-].c1cnc2c(c1)ccc1cccnc12.c1cnc2c(c1)ccc1cccnc12. The number of fused-ring (bicyclic) bond motifs is 6. The van der Waals surface area contributed by atoms with Gasteiger partial charge in [-0.25, -0.2) is 0 Å². The normalized spacial score (nSPS) is 9.14. The van der Waals surface area contributed by atoms with Crippen molar-refractivity contribution in [1.82, 2.24) is 19.9 Å². The first-order chi connectivity index (χ1) is 16.7. The van der Waals surface area contributed by atoms with Gasteiger partial charge in [0.25, 0.3) is 0 Å². The van der Waals surface area contributed by atoms with Gasteiger partial charge in [-0.15, -0.1) is 0 Å². The monoisotopic (exact) mass is 499 g/mol. The predicted molar refractivity (Wildman–Crippen MR) is 134 cm³/mol. The topological polar surface area (TPSA) is 169 Å². The van der Waals surface area contributed by atoms with Crippen molar-refractivity contribution < 1.29 is 17.1 Å². The van der Waals surface area contributed by atoms with Gasteiger partial charge in [0.2, 0.25) is 0 Å². The van der Waals surface area contributed by atoms with Gasteiger partial charge in [-0.1, -0.05) is 48.5 Å². The molecule has 0 saturated heterocycles. The van der Waals surface area contributed by atoms with Crippen LogP contribution in [-0.4, -0.2) is 19.9 Å². The average Bonchev–Trinajstić information content (AvgIpc) is 2.90. The molecular formula is C24H16MnN10. The van der Waals surface area contributed by atoms with E-state index < -0.39 is 0 Å². The minimum Gasteiger partial charge on any atom is -0.373 e. The van der Waals surface area contributed by atoms with Gasteiger partial charge in [0.1, 0.15) is 0 Å². The van der Waals surface area contributed by atoms with Crippen molar-refractivity contribution in [2.45, 2.75) is 0 Å². The summed E-state index contributed by atoms with van der Waals surface area (Å²) < 4.78 is 0. The zero-order valence-electron chi connectivity index (χ0n) is 18.1. The largest absolute Gasteiger partial charge is 2.00 e. The molecule has 1 radical (unpaired) electrons. The zero-order chi connectivity index (χ0) is 24.2. The summed E-state index contributed by atoms with van der Waals surface area (Å²) in [6.07, 6.45) is 7.21. The molecule has 6 rings (SSSR count). The van der Waals surface area contributed by atoms with E-state index in [-0.39, 0.29) is 17.1 Å². The Bertz CT molecular complexity index is 1390. The second-order valence-electron chi connectivity index (χ2n) is 6.61. The first-order valence-electron chi connectivity index (χ1n) is 9.87. The van der Waals surface area contributed by atoms with Crippen LogP contribution in [0.3, 0.4) is 0 Å². The van der Waals surface area contributed by atoms with Crippen LogP contribution in [0.1, 0.15) is 0 Å².